The van der Waals surface area contributed by atoms with Crippen LogP contribution in [0.25, 0.3) is 16.6 Å². The van der Waals surface area contributed by atoms with E-state index in [0.29, 0.717) is 29.1 Å². The van der Waals surface area contributed by atoms with Crippen molar-refractivity contribution in [3.05, 3.63) is 77.0 Å². The van der Waals surface area contributed by atoms with Gasteiger partial charge in [0, 0.05) is 17.9 Å². The van der Waals surface area contributed by atoms with Crippen LogP contribution in [0.15, 0.2) is 48.5 Å². The minimum Gasteiger partial charge on any atom is -0.494 e. The highest BCUT2D eigenvalue weighted by Gasteiger charge is 2.48. The predicted molar refractivity (Wildman–Crippen MR) is 141 cm³/mol. The molecule has 8 nitrogen and oxygen atoms in total. The molecule has 0 saturated carbocycles. The van der Waals surface area contributed by atoms with Crippen LogP contribution < -0.4 is 4.74 Å². The number of ether oxygens (including phenoxy) is 2. The molecule has 4 aromatic rings. The Bertz CT molecular complexity index is 1540. The van der Waals surface area contributed by atoms with E-state index < -0.39 is 22.8 Å². The molecule has 1 unspecified atom stereocenters. The number of carbonyl (C=O) groups is 1. The van der Waals surface area contributed by atoms with Crippen LogP contribution in [0.1, 0.15) is 50.3 Å². The van der Waals surface area contributed by atoms with Gasteiger partial charge in [-0.1, -0.05) is 30.3 Å². The van der Waals surface area contributed by atoms with Crippen LogP contribution in [0, 0.1) is 31.0 Å². The number of rotatable bonds is 7. The van der Waals surface area contributed by atoms with Crippen molar-refractivity contribution >= 4 is 16.9 Å². The summed E-state index contributed by atoms with van der Waals surface area (Å²) in [6.07, 6.45) is -0.00455. The van der Waals surface area contributed by atoms with Gasteiger partial charge in [-0.25, -0.2) is 13.9 Å². The second-order valence-corrected chi connectivity index (χ2v) is 10.1. The summed E-state index contributed by atoms with van der Waals surface area (Å²) in [6.45, 7) is 11.0. The zero-order chi connectivity index (χ0) is 27.7. The molecular formula is C29H30FN5O3. The molecule has 0 fully saturated rings. The van der Waals surface area contributed by atoms with Gasteiger partial charge in [0.25, 0.3) is 0 Å². The number of nitrogens with zero attached hydrogens (tertiary/aromatic N) is 5. The molecule has 0 aliphatic heterocycles. The molecule has 0 N–H and O–H groups in total. The average Bonchev–Trinajstić information content (AvgIpc) is 3.20. The number of aryl methyl sites for hydroxylation is 2. The molecule has 9 heteroatoms. The minimum absolute atomic E-state index is 0.00455. The van der Waals surface area contributed by atoms with E-state index in [0.717, 1.165) is 5.56 Å². The van der Waals surface area contributed by atoms with Crippen LogP contribution >= 0.6 is 0 Å². The van der Waals surface area contributed by atoms with Crippen LogP contribution in [0.5, 0.6) is 5.75 Å². The quantitative estimate of drug-likeness (QED) is 0.307. The van der Waals surface area contributed by atoms with Gasteiger partial charge in [-0.3, -0.25) is 0 Å². The summed E-state index contributed by atoms with van der Waals surface area (Å²) < 4.78 is 27.8. The lowest BCUT2D eigenvalue weighted by Gasteiger charge is -2.29. The predicted octanol–water partition coefficient (Wildman–Crippen LogP) is 5.32. The van der Waals surface area contributed by atoms with Gasteiger partial charge in [0.1, 0.15) is 28.2 Å². The van der Waals surface area contributed by atoms with Crippen LogP contribution in [-0.4, -0.2) is 38.2 Å². The van der Waals surface area contributed by atoms with Gasteiger partial charge in [-0.2, -0.15) is 20.6 Å². The first-order chi connectivity index (χ1) is 18.0. The second kappa shape index (κ2) is 10.2. The molecule has 0 bridgehead atoms. The highest BCUT2D eigenvalue weighted by molar-refractivity contribution is 5.95. The molecule has 196 valence electrons. The van der Waals surface area contributed by atoms with Crippen molar-refractivity contribution in [3.8, 4) is 17.5 Å². The molecule has 38 heavy (non-hydrogen) atoms. The van der Waals surface area contributed by atoms with Gasteiger partial charge in [0.2, 0.25) is 5.41 Å². The van der Waals surface area contributed by atoms with E-state index in [1.165, 1.54) is 10.7 Å². The molecule has 0 saturated heterocycles. The van der Waals surface area contributed by atoms with Crippen molar-refractivity contribution in [1.29, 1.82) is 5.26 Å². The Balaban J connectivity index is 1.98. The Kier molecular flexibility index (Phi) is 7.18. The van der Waals surface area contributed by atoms with Crippen molar-refractivity contribution in [1.82, 2.24) is 20.0 Å². The number of fused-ring (bicyclic) bond motifs is 1. The second-order valence-electron chi connectivity index (χ2n) is 10.1. The van der Waals surface area contributed by atoms with Gasteiger partial charge in [-0.05, 0) is 59.2 Å². The lowest BCUT2D eigenvalue weighted by molar-refractivity contribution is -0.160. The van der Waals surface area contributed by atoms with Crippen LogP contribution in [-0.2, 0) is 21.4 Å². The van der Waals surface area contributed by atoms with Crippen molar-refractivity contribution in [3.63, 3.8) is 0 Å². The summed E-state index contributed by atoms with van der Waals surface area (Å²) in [4.78, 5) is 13.7. The summed E-state index contributed by atoms with van der Waals surface area (Å²) in [6, 6.07) is 15.9. The van der Waals surface area contributed by atoms with Crippen molar-refractivity contribution in [2.24, 2.45) is 0 Å². The Labute approximate surface area is 221 Å². The molecule has 2 heterocycles. The molecule has 2 aromatic heterocycles. The third-order valence-corrected chi connectivity index (χ3v) is 6.12. The van der Waals surface area contributed by atoms with E-state index in [1.54, 1.807) is 46.8 Å². The number of hydrogen-bond acceptors (Lipinski definition) is 7. The maximum atomic E-state index is 15.2. The summed E-state index contributed by atoms with van der Waals surface area (Å²) in [7, 11) is 0. The third kappa shape index (κ3) is 4.94. The van der Waals surface area contributed by atoms with Crippen molar-refractivity contribution in [2.75, 3.05) is 6.61 Å². The number of hydrogen-bond donors (Lipinski definition) is 0. The maximum absolute atomic E-state index is 15.2. The average molecular weight is 516 g/mol. The highest BCUT2D eigenvalue weighted by Crippen LogP contribution is 2.36. The molecule has 0 aliphatic rings. The number of benzene rings is 2. The van der Waals surface area contributed by atoms with E-state index in [1.807, 2.05) is 37.3 Å². The molecule has 4 rings (SSSR count). The minimum atomic E-state index is -1.85. The van der Waals surface area contributed by atoms with Crippen LogP contribution in [0.4, 0.5) is 4.39 Å². The monoisotopic (exact) mass is 515 g/mol. The highest BCUT2D eigenvalue weighted by atomic mass is 19.1. The van der Waals surface area contributed by atoms with E-state index in [2.05, 4.69) is 21.4 Å². The van der Waals surface area contributed by atoms with Gasteiger partial charge >= 0.3 is 5.97 Å². The zero-order valence-electron chi connectivity index (χ0n) is 22.4. The number of aromatic nitrogens is 4. The fraction of sp³-hybridized carbons (Fsp3) is 0.345. The molecule has 0 spiro atoms. The Hall–Kier alpha value is -4.32. The zero-order valence-corrected chi connectivity index (χ0v) is 22.4. The SMILES string of the molecule is CCOc1ccc(-n2nc3c(C(C#N)(Cc4ccccc4)C(=O)OC(C)(C)C)nnc(C)c3c2C)c(F)c1. The largest absolute Gasteiger partial charge is 0.494 e. The third-order valence-electron chi connectivity index (χ3n) is 6.12. The fourth-order valence-electron chi connectivity index (χ4n) is 4.42. The first-order valence-electron chi connectivity index (χ1n) is 12.3. The summed E-state index contributed by atoms with van der Waals surface area (Å²) >= 11 is 0. The normalized spacial score (nSPS) is 13.1. The standard InChI is InChI=1S/C29H30FN5O3/c1-7-37-21-13-14-23(22(30)15-21)35-19(3)24-18(2)32-33-26(25(24)34-35)29(17-31,27(36)38-28(4,5)6)16-20-11-9-8-10-12-20/h8-15H,7,16H2,1-6H3. The fourth-order valence-corrected chi connectivity index (χ4v) is 4.42. The Morgan fingerprint density at radius 3 is 2.42 bits per heavy atom. The van der Waals surface area contributed by atoms with Crippen LogP contribution in [0.2, 0.25) is 0 Å². The van der Waals surface area contributed by atoms with Crippen molar-refractivity contribution in [2.45, 2.75) is 59.0 Å². The number of halogens is 1. The number of esters is 1. The topological polar surface area (TPSA) is 103 Å². The molecule has 0 aliphatic carbocycles. The smallest absolute Gasteiger partial charge is 0.333 e. The lowest BCUT2D eigenvalue weighted by Crippen LogP contribution is -2.43. The number of carbonyl (C=O) groups excluding carboxylic acids is 1. The molecule has 2 aromatic carbocycles. The van der Waals surface area contributed by atoms with E-state index >= 15 is 4.39 Å². The van der Waals surface area contributed by atoms with E-state index in [4.69, 9.17) is 9.47 Å². The van der Waals surface area contributed by atoms with Gasteiger partial charge < -0.3 is 9.47 Å². The van der Waals surface area contributed by atoms with E-state index in [9.17, 15) is 10.1 Å². The first kappa shape index (κ1) is 26.7. The number of nitriles is 1. The maximum Gasteiger partial charge on any atom is 0.333 e. The first-order valence-corrected chi connectivity index (χ1v) is 12.3. The van der Waals surface area contributed by atoms with Gasteiger partial charge in [-0.15, -0.1) is 0 Å². The summed E-state index contributed by atoms with van der Waals surface area (Å²) in [5.74, 6) is -0.884. The van der Waals surface area contributed by atoms with E-state index in [-0.39, 0.29) is 23.3 Å². The summed E-state index contributed by atoms with van der Waals surface area (Å²) in [5.41, 5.74) is -0.301. The molecule has 1 atom stereocenters. The van der Waals surface area contributed by atoms with Gasteiger partial charge in [0.15, 0.2) is 5.82 Å². The Morgan fingerprint density at radius 1 is 1.11 bits per heavy atom. The summed E-state index contributed by atoms with van der Waals surface area (Å²) in [5, 5.41) is 24.5. The van der Waals surface area contributed by atoms with Gasteiger partial charge in [0.05, 0.1) is 24.1 Å². The molecular weight excluding hydrogens is 485 g/mol. The molecule has 0 radical (unpaired) electrons. The Morgan fingerprint density at radius 2 is 1.82 bits per heavy atom. The van der Waals surface area contributed by atoms with Crippen LogP contribution in [0.3, 0.4) is 0 Å². The molecule has 0 amide bonds. The lowest BCUT2D eigenvalue weighted by atomic mass is 9.78. The van der Waals surface area contributed by atoms with Crippen molar-refractivity contribution < 1.29 is 18.7 Å².